The quantitative estimate of drug-likeness (QED) is 0.847. The number of rotatable bonds is 6. The maximum Gasteiger partial charge on any atom is 0.307 e. The van der Waals surface area contributed by atoms with Gasteiger partial charge in [-0.3, -0.25) is 9.78 Å². The molecule has 0 aliphatic heterocycles. The molecule has 104 valence electrons. The fourth-order valence-corrected chi connectivity index (χ4v) is 1.96. The molecule has 1 unspecified atom stereocenters. The summed E-state index contributed by atoms with van der Waals surface area (Å²) in [6, 6.07) is 13.7. The molecule has 1 aromatic carbocycles. The molecule has 1 aromatic heterocycles. The second-order valence-electron chi connectivity index (χ2n) is 4.74. The molecular weight excluding hydrogens is 252 g/mol. The lowest BCUT2D eigenvalue weighted by molar-refractivity contribution is -0.136. The summed E-state index contributed by atoms with van der Waals surface area (Å²) in [7, 11) is 0. The average molecular weight is 270 g/mol. The predicted octanol–water partition coefficient (Wildman–Crippen LogP) is 2.56. The first-order valence-corrected chi connectivity index (χ1v) is 6.59. The molecule has 0 amide bonds. The molecule has 0 fully saturated rings. The highest BCUT2D eigenvalue weighted by molar-refractivity contribution is 5.70. The van der Waals surface area contributed by atoms with Crippen LogP contribution in [0.3, 0.4) is 0 Å². The molecule has 0 saturated carbocycles. The highest BCUT2D eigenvalue weighted by Crippen LogP contribution is 2.10. The van der Waals surface area contributed by atoms with E-state index in [9.17, 15) is 4.79 Å². The smallest absolute Gasteiger partial charge is 0.307 e. The average Bonchev–Trinajstić information content (AvgIpc) is 2.46. The summed E-state index contributed by atoms with van der Waals surface area (Å²) in [6.45, 7) is 2.80. The molecule has 20 heavy (non-hydrogen) atoms. The molecule has 0 saturated heterocycles. The number of carboxylic acid groups (broad SMARTS) is 1. The van der Waals surface area contributed by atoms with E-state index in [1.54, 1.807) is 6.20 Å². The molecule has 0 aliphatic rings. The van der Waals surface area contributed by atoms with E-state index in [-0.39, 0.29) is 12.5 Å². The van der Waals surface area contributed by atoms with Crippen LogP contribution in [-0.4, -0.2) is 16.1 Å². The first-order chi connectivity index (χ1) is 9.65. The maximum atomic E-state index is 10.6. The van der Waals surface area contributed by atoms with Gasteiger partial charge in [-0.25, -0.2) is 0 Å². The first-order valence-electron chi connectivity index (χ1n) is 6.59. The van der Waals surface area contributed by atoms with Crippen molar-refractivity contribution in [1.82, 2.24) is 10.3 Å². The Bertz CT molecular complexity index is 552. The van der Waals surface area contributed by atoms with Crippen molar-refractivity contribution in [2.45, 2.75) is 25.9 Å². The van der Waals surface area contributed by atoms with E-state index in [1.807, 2.05) is 42.5 Å². The zero-order valence-electron chi connectivity index (χ0n) is 11.4. The number of carbonyl (C=O) groups is 1. The monoisotopic (exact) mass is 270 g/mol. The molecule has 0 bridgehead atoms. The topological polar surface area (TPSA) is 62.2 Å². The van der Waals surface area contributed by atoms with Gasteiger partial charge in [-0.2, -0.15) is 0 Å². The Hall–Kier alpha value is -2.20. The number of aliphatic carboxylic acids is 1. The molecular formula is C16H18N2O2. The Balaban J connectivity index is 1.89. The lowest BCUT2D eigenvalue weighted by Crippen LogP contribution is -2.18. The number of pyridine rings is 1. The minimum Gasteiger partial charge on any atom is -0.481 e. The van der Waals surface area contributed by atoms with E-state index in [0.717, 1.165) is 23.4 Å². The predicted molar refractivity (Wildman–Crippen MR) is 77.3 cm³/mol. The Morgan fingerprint density at radius 2 is 1.90 bits per heavy atom. The van der Waals surface area contributed by atoms with Crippen molar-refractivity contribution < 1.29 is 9.90 Å². The van der Waals surface area contributed by atoms with Gasteiger partial charge in [-0.1, -0.05) is 30.3 Å². The zero-order chi connectivity index (χ0) is 14.4. The van der Waals surface area contributed by atoms with Crippen LogP contribution in [0.25, 0.3) is 0 Å². The molecule has 0 spiro atoms. The van der Waals surface area contributed by atoms with Crippen molar-refractivity contribution in [1.29, 1.82) is 0 Å². The summed E-state index contributed by atoms with van der Waals surface area (Å²) < 4.78 is 0. The fraction of sp³-hybridized carbons (Fsp3) is 0.250. The van der Waals surface area contributed by atoms with Crippen molar-refractivity contribution in [2.24, 2.45) is 0 Å². The van der Waals surface area contributed by atoms with Crippen LogP contribution in [0.2, 0.25) is 0 Å². The van der Waals surface area contributed by atoms with Crippen LogP contribution >= 0.6 is 0 Å². The molecule has 1 heterocycles. The number of nitrogens with zero attached hydrogens (tertiary/aromatic N) is 1. The van der Waals surface area contributed by atoms with Crippen LogP contribution in [0.5, 0.6) is 0 Å². The van der Waals surface area contributed by atoms with Gasteiger partial charge in [0.1, 0.15) is 0 Å². The second kappa shape index (κ2) is 6.82. The number of hydrogen-bond acceptors (Lipinski definition) is 3. The van der Waals surface area contributed by atoms with Gasteiger partial charge in [0.05, 0.1) is 12.1 Å². The van der Waals surface area contributed by atoms with Crippen LogP contribution in [-0.2, 0) is 17.8 Å². The summed E-state index contributed by atoms with van der Waals surface area (Å²) in [5, 5.41) is 12.1. The highest BCUT2D eigenvalue weighted by Gasteiger charge is 2.05. The highest BCUT2D eigenvalue weighted by atomic mass is 16.4. The van der Waals surface area contributed by atoms with E-state index in [1.165, 1.54) is 0 Å². The van der Waals surface area contributed by atoms with Gasteiger partial charge < -0.3 is 10.4 Å². The number of carboxylic acids is 1. The number of benzene rings is 1. The third-order valence-corrected chi connectivity index (χ3v) is 3.12. The van der Waals surface area contributed by atoms with E-state index in [2.05, 4.69) is 17.2 Å². The van der Waals surface area contributed by atoms with Crippen molar-refractivity contribution in [3.63, 3.8) is 0 Å². The number of aromatic nitrogens is 1. The van der Waals surface area contributed by atoms with E-state index in [4.69, 9.17) is 5.11 Å². The van der Waals surface area contributed by atoms with Crippen LogP contribution in [0.15, 0.2) is 48.7 Å². The summed E-state index contributed by atoms with van der Waals surface area (Å²) in [5.41, 5.74) is 2.95. The normalized spacial score (nSPS) is 12.1. The largest absolute Gasteiger partial charge is 0.481 e. The summed E-state index contributed by atoms with van der Waals surface area (Å²) in [5.74, 6) is -0.806. The van der Waals surface area contributed by atoms with E-state index < -0.39 is 5.97 Å². The van der Waals surface area contributed by atoms with Crippen LogP contribution < -0.4 is 5.32 Å². The van der Waals surface area contributed by atoms with Crippen molar-refractivity contribution in [3.8, 4) is 0 Å². The van der Waals surface area contributed by atoms with Crippen molar-refractivity contribution in [3.05, 3.63) is 65.5 Å². The lowest BCUT2D eigenvalue weighted by Gasteiger charge is -2.13. The minimum atomic E-state index is -0.806. The summed E-state index contributed by atoms with van der Waals surface area (Å²) >= 11 is 0. The zero-order valence-corrected chi connectivity index (χ0v) is 11.4. The standard InChI is InChI=1S/C16H18N2O2/c1-12(15-4-2-3-9-17-15)18-11-14-7-5-13(6-8-14)10-16(19)20/h2-9,12,18H,10-11H2,1H3,(H,19,20). The van der Waals surface area contributed by atoms with E-state index in [0.29, 0.717) is 0 Å². The molecule has 4 nitrogen and oxygen atoms in total. The number of hydrogen-bond donors (Lipinski definition) is 2. The third-order valence-electron chi connectivity index (χ3n) is 3.12. The van der Waals surface area contributed by atoms with Gasteiger partial charge in [0.25, 0.3) is 0 Å². The molecule has 4 heteroatoms. The molecule has 2 N–H and O–H groups in total. The van der Waals surface area contributed by atoms with Crippen LogP contribution in [0.4, 0.5) is 0 Å². The van der Waals surface area contributed by atoms with Crippen LogP contribution in [0, 0.1) is 0 Å². The Morgan fingerprint density at radius 3 is 2.50 bits per heavy atom. The SMILES string of the molecule is CC(NCc1ccc(CC(=O)O)cc1)c1ccccn1. The second-order valence-corrected chi connectivity index (χ2v) is 4.74. The van der Waals surface area contributed by atoms with Gasteiger partial charge in [0.2, 0.25) is 0 Å². The lowest BCUT2D eigenvalue weighted by atomic mass is 10.1. The Kier molecular flexibility index (Phi) is 4.85. The van der Waals surface area contributed by atoms with Crippen LogP contribution in [0.1, 0.15) is 29.8 Å². The fourth-order valence-electron chi connectivity index (χ4n) is 1.96. The van der Waals surface area contributed by atoms with Crippen molar-refractivity contribution in [2.75, 3.05) is 0 Å². The van der Waals surface area contributed by atoms with Gasteiger partial charge in [-0.15, -0.1) is 0 Å². The van der Waals surface area contributed by atoms with Gasteiger partial charge in [-0.05, 0) is 30.2 Å². The third kappa shape index (κ3) is 4.17. The van der Waals surface area contributed by atoms with Gasteiger partial charge >= 0.3 is 5.97 Å². The summed E-state index contributed by atoms with van der Waals surface area (Å²) in [4.78, 5) is 14.9. The van der Waals surface area contributed by atoms with Gasteiger partial charge in [0, 0.05) is 18.8 Å². The van der Waals surface area contributed by atoms with Gasteiger partial charge in [0.15, 0.2) is 0 Å². The molecule has 0 aliphatic carbocycles. The minimum absolute atomic E-state index is 0.0675. The molecule has 0 radical (unpaired) electrons. The summed E-state index contributed by atoms with van der Waals surface area (Å²) in [6.07, 6.45) is 1.85. The maximum absolute atomic E-state index is 10.6. The number of nitrogens with one attached hydrogen (secondary N) is 1. The van der Waals surface area contributed by atoms with E-state index >= 15 is 0 Å². The molecule has 2 aromatic rings. The van der Waals surface area contributed by atoms with Crippen molar-refractivity contribution >= 4 is 5.97 Å². The Labute approximate surface area is 118 Å². The first kappa shape index (κ1) is 14.2. The molecule has 2 rings (SSSR count). The Morgan fingerprint density at radius 1 is 1.20 bits per heavy atom. The molecule has 1 atom stereocenters.